The van der Waals surface area contributed by atoms with Gasteiger partial charge in [0.15, 0.2) is 0 Å². The van der Waals surface area contributed by atoms with Gasteiger partial charge in [0.05, 0.1) is 0 Å². The zero-order valence-electron chi connectivity index (χ0n) is 9.93. The van der Waals surface area contributed by atoms with Gasteiger partial charge in [-0.25, -0.2) is 0 Å². The molecule has 0 saturated carbocycles. The maximum Gasteiger partial charge on any atom is 0.389 e. The average Bonchev–Trinajstić information content (AvgIpc) is 2.26. The van der Waals surface area contributed by atoms with Crippen molar-refractivity contribution in [3.8, 4) is 0 Å². The van der Waals surface area contributed by atoms with Crippen LogP contribution in [0.3, 0.4) is 0 Å². The van der Waals surface area contributed by atoms with Crippen LogP contribution >= 0.6 is 0 Å². The summed E-state index contributed by atoms with van der Waals surface area (Å²) in [4.78, 5) is 0. The molecule has 1 atom stereocenters. The van der Waals surface area contributed by atoms with E-state index in [0.717, 1.165) is 24.0 Å². The first-order valence-electron chi connectivity index (χ1n) is 5.83. The van der Waals surface area contributed by atoms with Gasteiger partial charge in [-0.2, -0.15) is 13.2 Å². The predicted molar refractivity (Wildman–Crippen MR) is 62.7 cm³/mol. The standard InChI is InChI=1S/C13H18F3N/c1-2-4-10-5-3-6-11(9-10)12(17)7-8-13(14,15)16/h3,5-6,9,12H,2,4,7-8,17H2,1H3. The van der Waals surface area contributed by atoms with E-state index in [1.54, 1.807) is 6.07 Å². The molecule has 0 fully saturated rings. The Hall–Kier alpha value is -1.03. The third kappa shape index (κ3) is 5.22. The van der Waals surface area contributed by atoms with E-state index < -0.39 is 18.6 Å². The summed E-state index contributed by atoms with van der Waals surface area (Å²) in [6, 6.07) is 7.00. The quantitative estimate of drug-likeness (QED) is 0.834. The molecule has 0 aliphatic carbocycles. The molecule has 1 aromatic rings. The minimum absolute atomic E-state index is 0.0565. The van der Waals surface area contributed by atoms with Gasteiger partial charge >= 0.3 is 6.18 Å². The van der Waals surface area contributed by atoms with E-state index in [2.05, 4.69) is 6.92 Å². The third-order valence-electron chi connectivity index (χ3n) is 2.66. The Morgan fingerprint density at radius 3 is 2.59 bits per heavy atom. The summed E-state index contributed by atoms with van der Waals surface area (Å²) in [6.45, 7) is 2.07. The first-order valence-corrected chi connectivity index (χ1v) is 5.83. The number of rotatable bonds is 5. The van der Waals surface area contributed by atoms with Crippen molar-refractivity contribution in [1.82, 2.24) is 0 Å². The summed E-state index contributed by atoms with van der Waals surface area (Å²) >= 11 is 0. The average molecular weight is 245 g/mol. The first kappa shape index (κ1) is 14.0. The molecule has 2 N–H and O–H groups in total. The topological polar surface area (TPSA) is 26.0 Å². The van der Waals surface area contributed by atoms with Gasteiger partial charge in [-0.15, -0.1) is 0 Å². The third-order valence-corrected chi connectivity index (χ3v) is 2.66. The van der Waals surface area contributed by atoms with Crippen molar-refractivity contribution in [1.29, 1.82) is 0 Å². The summed E-state index contributed by atoms with van der Waals surface area (Å²) < 4.78 is 36.2. The summed E-state index contributed by atoms with van der Waals surface area (Å²) in [5, 5.41) is 0. The van der Waals surface area contributed by atoms with Crippen LogP contribution in [0.4, 0.5) is 13.2 Å². The minimum Gasteiger partial charge on any atom is -0.324 e. The minimum atomic E-state index is -4.13. The number of hydrogen-bond donors (Lipinski definition) is 1. The zero-order valence-corrected chi connectivity index (χ0v) is 9.93. The monoisotopic (exact) mass is 245 g/mol. The second-order valence-corrected chi connectivity index (χ2v) is 4.26. The van der Waals surface area contributed by atoms with Crippen molar-refractivity contribution >= 4 is 0 Å². The van der Waals surface area contributed by atoms with E-state index in [-0.39, 0.29) is 6.42 Å². The van der Waals surface area contributed by atoms with Gasteiger partial charge < -0.3 is 5.73 Å². The molecule has 0 amide bonds. The highest BCUT2D eigenvalue weighted by molar-refractivity contribution is 5.26. The largest absolute Gasteiger partial charge is 0.389 e. The number of aryl methyl sites for hydroxylation is 1. The summed E-state index contributed by atoms with van der Waals surface area (Å²) in [5.41, 5.74) is 7.69. The molecule has 1 aromatic carbocycles. The van der Waals surface area contributed by atoms with E-state index in [1.165, 1.54) is 0 Å². The molecule has 4 heteroatoms. The van der Waals surface area contributed by atoms with Crippen LogP contribution in [-0.2, 0) is 6.42 Å². The number of benzene rings is 1. The Labute approximate surface area is 99.8 Å². The Morgan fingerprint density at radius 2 is 2.00 bits per heavy atom. The molecular weight excluding hydrogens is 227 g/mol. The van der Waals surface area contributed by atoms with E-state index in [4.69, 9.17) is 5.73 Å². The van der Waals surface area contributed by atoms with Gasteiger partial charge in [0, 0.05) is 12.5 Å². The van der Waals surface area contributed by atoms with Crippen LogP contribution < -0.4 is 5.73 Å². The maximum atomic E-state index is 12.1. The van der Waals surface area contributed by atoms with Crippen LogP contribution in [0, 0.1) is 0 Å². The zero-order chi connectivity index (χ0) is 12.9. The van der Waals surface area contributed by atoms with Gasteiger partial charge in [0.2, 0.25) is 0 Å². The smallest absolute Gasteiger partial charge is 0.324 e. The van der Waals surface area contributed by atoms with Crippen molar-refractivity contribution in [2.24, 2.45) is 5.73 Å². The van der Waals surface area contributed by atoms with Crippen LogP contribution in [0.1, 0.15) is 43.4 Å². The Balaban J connectivity index is 2.62. The molecule has 0 saturated heterocycles. The van der Waals surface area contributed by atoms with Crippen molar-refractivity contribution in [2.75, 3.05) is 0 Å². The second-order valence-electron chi connectivity index (χ2n) is 4.26. The normalized spacial score (nSPS) is 13.7. The van der Waals surface area contributed by atoms with Gasteiger partial charge in [-0.05, 0) is 24.0 Å². The van der Waals surface area contributed by atoms with E-state index in [9.17, 15) is 13.2 Å². The molecule has 0 aliphatic heterocycles. The highest BCUT2D eigenvalue weighted by Gasteiger charge is 2.27. The Morgan fingerprint density at radius 1 is 1.29 bits per heavy atom. The van der Waals surface area contributed by atoms with E-state index in [1.807, 2.05) is 18.2 Å². The molecule has 0 heterocycles. The fourth-order valence-electron chi connectivity index (χ4n) is 1.75. The fraction of sp³-hybridized carbons (Fsp3) is 0.538. The highest BCUT2D eigenvalue weighted by Crippen LogP contribution is 2.26. The Bertz CT molecular complexity index is 347. The first-order chi connectivity index (χ1) is 7.92. The number of hydrogen-bond acceptors (Lipinski definition) is 1. The molecule has 1 unspecified atom stereocenters. The molecule has 96 valence electrons. The van der Waals surface area contributed by atoms with Crippen LogP contribution in [0.2, 0.25) is 0 Å². The summed E-state index contributed by atoms with van der Waals surface area (Å²) in [6.07, 6.45) is -3.06. The lowest BCUT2D eigenvalue weighted by Gasteiger charge is -2.14. The highest BCUT2D eigenvalue weighted by atomic mass is 19.4. The van der Waals surface area contributed by atoms with Crippen molar-refractivity contribution in [2.45, 2.75) is 44.8 Å². The molecule has 0 spiro atoms. The van der Waals surface area contributed by atoms with Crippen molar-refractivity contribution < 1.29 is 13.2 Å². The molecule has 0 bridgehead atoms. The van der Waals surface area contributed by atoms with Gasteiger partial charge in [-0.1, -0.05) is 37.6 Å². The molecule has 1 rings (SSSR count). The van der Waals surface area contributed by atoms with Gasteiger partial charge in [-0.3, -0.25) is 0 Å². The van der Waals surface area contributed by atoms with Crippen LogP contribution in [0.25, 0.3) is 0 Å². The molecule has 0 radical (unpaired) electrons. The number of nitrogens with two attached hydrogens (primary N) is 1. The second kappa shape index (κ2) is 6.05. The lowest BCUT2D eigenvalue weighted by Crippen LogP contribution is -2.15. The summed E-state index contributed by atoms with van der Waals surface area (Å²) in [5.74, 6) is 0. The van der Waals surface area contributed by atoms with Gasteiger partial charge in [0.1, 0.15) is 0 Å². The van der Waals surface area contributed by atoms with E-state index >= 15 is 0 Å². The van der Waals surface area contributed by atoms with Crippen LogP contribution in [0.15, 0.2) is 24.3 Å². The van der Waals surface area contributed by atoms with Crippen molar-refractivity contribution in [3.05, 3.63) is 35.4 Å². The molecule has 1 nitrogen and oxygen atoms in total. The molecule has 0 aromatic heterocycles. The molecular formula is C13H18F3N. The fourth-order valence-corrected chi connectivity index (χ4v) is 1.75. The predicted octanol–water partition coefficient (Wildman–Crippen LogP) is 3.98. The van der Waals surface area contributed by atoms with Crippen LogP contribution in [-0.4, -0.2) is 6.18 Å². The summed E-state index contributed by atoms with van der Waals surface area (Å²) in [7, 11) is 0. The number of halogens is 3. The molecule has 0 aliphatic rings. The van der Waals surface area contributed by atoms with Crippen molar-refractivity contribution in [3.63, 3.8) is 0 Å². The lowest BCUT2D eigenvalue weighted by molar-refractivity contribution is -0.136. The van der Waals surface area contributed by atoms with E-state index in [0.29, 0.717) is 0 Å². The molecule has 17 heavy (non-hydrogen) atoms. The lowest BCUT2D eigenvalue weighted by atomic mass is 9.99. The van der Waals surface area contributed by atoms with Gasteiger partial charge in [0.25, 0.3) is 0 Å². The van der Waals surface area contributed by atoms with Crippen LogP contribution in [0.5, 0.6) is 0 Å². The number of alkyl halides is 3. The Kier molecular flexibility index (Phi) is 5.00. The maximum absolute atomic E-state index is 12.1. The SMILES string of the molecule is CCCc1cccc(C(N)CCC(F)(F)F)c1.